The summed E-state index contributed by atoms with van der Waals surface area (Å²) in [6.07, 6.45) is 6.47. The van der Waals surface area contributed by atoms with Crippen LogP contribution in [0.15, 0.2) is 53.3 Å². The van der Waals surface area contributed by atoms with Crippen molar-refractivity contribution < 1.29 is 12.9 Å². The molecule has 0 radical (unpaired) electrons. The number of benzene rings is 1. The van der Waals surface area contributed by atoms with Crippen molar-refractivity contribution in [3.8, 4) is 11.4 Å². The van der Waals surface area contributed by atoms with Gasteiger partial charge in [0.25, 0.3) is 0 Å². The third kappa shape index (κ3) is 3.64. The van der Waals surface area contributed by atoms with Gasteiger partial charge < -0.3 is 4.52 Å². The van der Waals surface area contributed by atoms with E-state index >= 15 is 0 Å². The van der Waals surface area contributed by atoms with Gasteiger partial charge in [0.15, 0.2) is 0 Å². The largest absolute Gasteiger partial charge is 0.339 e. The molecule has 0 aliphatic carbocycles. The molecular weight excluding hydrogens is 424 g/mol. The Morgan fingerprint density at radius 1 is 1.10 bits per heavy atom. The van der Waals surface area contributed by atoms with Crippen LogP contribution >= 0.6 is 11.6 Å². The Morgan fingerprint density at radius 3 is 2.57 bits per heavy atom. The van der Waals surface area contributed by atoms with E-state index in [0.717, 1.165) is 18.4 Å². The summed E-state index contributed by atoms with van der Waals surface area (Å²) >= 11 is 6.20. The topological polar surface area (TPSA) is 89.2 Å². The summed E-state index contributed by atoms with van der Waals surface area (Å²) in [7, 11) is -3.46. The van der Waals surface area contributed by atoms with Gasteiger partial charge in [-0.05, 0) is 49.4 Å². The van der Waals surface area contributed by atoms with E-state index in [0.29, 0.717) is 35.1 Å². The molecule has 3 aromatic rings. The summed E-state index contributed by atoms with van der Waals surface area (Å²) in [6.45, 7) is 0. The number of piperidine rings is 1. The highest BCUT2D eigenvalue weighted by atomic mass is 35.5. The van der Waals surface area contributed by atoms with Crippen LogP contribution in [0.4, 0.5) is 0 Å². The number of hydrogen-bond donors (Lipinski definition) is 0. The summed E-state index contributed by atoms with van der Waals surface area (Å²) < 4.78 is 33.7. The molecule has 4 heterocycles. The molecule has 2 fully saturated rings. The summed E-state index contributed by atoms with van der Waals surface area (Å²) in [5.41, 5.74) is 1.44. The number of halogens is 1. The van der Waals surface area contributed by atoms with Crippen molar-refractivity contribution in [2.75, 3.05) is 0 Å². The molecule has 5 rings (SSSR count). The zero-order valence-electron chi connectivity index (χ0n) is 16.2. The monoisotopic (exact) mass is 444 g/mol. The van der Waals surface area contributed by atoms with Crippen molar-refractivity contribution in [2.24, 2.45) is 0 Å². The molecule has 7 nitrogen and oxygen atoms in total. The van der Waals surface area contributed by atoms with Gasteiger partial charge >= 0.3 is 0 Å². The van der Waals surface area contributed by atoms with Gasteiger partial charge in [-0.1, -0.05) is 35.0 Å². The fourth-order valence-electron chi connectivity index (χ4n) is 4.69. The number of nitrogens with zero attached hydrogens (tertiary/aromatic N) is 4. The number of fused-ring (bicyclic) bond motifs is 2. The second kappa shape index (κ2) is 7.76. The Balaban J connectivity index is 1.34. The first-order chi connectivity index (χ1) is 14.5. The average Bonchev–Trinajstić information content (AvgIpc) is 3.34. The fourth-order valence-corrected chi connectivity index (χ4v) is 7.06. The van der Waals surface area contributed by atoms with Crippen LogP contribution in [-0.4, -0.2) is 39.9 Å². The van der Waals surface area contributed by atoms with Crippen LogP contribution in [0, 0.1) is 0 Å². The van der Waals surface area contributed by atoms with Gasteiger partial charge in [-0.3, -0.25) is 4.98 Å². The standard InChI is InChI=1S/C21H21ClN4O3S/c22-19-6-2-1-4-15(19)13-30(27,28)26-17-7-8-18(26)11-16(10-17)21-24-20(25-29-21)14-5-3-9-23-12-14/h1-6,9,12,16-18H,7-8,10-11,13H2/t16?,17-,18+. The van der Waals surface area contributed by atoms with Crippen molar-refractivity contribution in [1.29, 1.82) is 0 Å². The number of aromatic nitrogens is 3. The van der Waals surface area contributed by atoms with Crippen molar-refractivity contribution in [1.82, 2.24) is 19.4 Å². The third-order valence-corrected chi connectivity index (χ3v) is 8.28. The van der Waals surface area contributed by atoms with E-state index in [2.05, 4.69) is 15.1 Å². The first-order valence-electron chi connectivity index (χ1n) is 10.00. The molecule has 0 N–H and O–H groups in total. The highest BCUT2D eigenvalue weighted by Gasteiger charge is 2.48. The Bertz CT molecular complexity index is 1140. The molecule has 2 aliphatic rings. The molecule has 2 bridgehead atoms. The summed E-state index contributed by atoms with van der Waals surface area (Å²) in [5.74, 6) is 1.08. The maximum atomic E-state index is 13.2. The molecule has 2 aliphatic heterocycles. The van der Waals surface area contributed by atoms with Gasteiger partial charge in [0.05, 0.1) is 5.75 Å². The Hall–Kier alpha value is -2.29. The number of rotatable bonds is 5. The predicted molar refractivity (Wildman–Crippen MR) is 112 cm³/mol. The minimum Gasteiger partial charge on any atom is -0.339 e. The Kier molecular flexibility index (Phi) is 5.08. The third-order valence-electron chi connectivity index (χ3n) is 5.99. The molecule has 30 heavy (non-hydrogen) atoms. The smallest absolute Gasteiger partial charge is 0.230 e. The molecular formula is C21H21ClN4O3S. The van der Waals surface area contributed by atoms with Crippen LogP contribution in [0.3, 0.4) is 0 Å². The first kappa shape index (κ1) is 19.7. The SMILES string of the molecule is O=S(=O)(Cc1ccccc1Cl)N1[C@@H]2CC[C@H]1CC(c1nc(-c3cccnc3)no1)C2. The number of sulfonamides is 1. The van der Waals surface area contributed by atoms with E-state index < -0.39 is 10.0 Å². The van der Waals surface area contributed by atoms with Gasteiger partial charge in [-0.25, -0.2) is 8.42 Å². The van der Waals surface area contributed by atoms with Gasteiger partial charge in [0.2, 0.25) is 21.7 Å². The molecule has 156 valence electrons. The van der Waals surface area contributed by atoms with Gasteiger partial charge in [0, 0.05) is 41.0 Å². The van der Waals surface area contributed by atoms with E-state index in [1.165, 1.54) is 0 Å². The first-order valence-corrected chi connectivity index (χ1v) is 12.0. The maximum absolute atomic E-state index is 13.2. The maximum Gasteiger partial charge on any atom is 0.230 e. The molecule has 1 aromatic carbocycles. The number of pyridine rings is 1. The number of hydrogen-bond acceptors (Lipinski definition) is 6. The molecule has 2 aromatic heterocycles. The van der Waals surface area contributed by atoms with Crippen LogP contribution in [0.1, 0.15) is 43.1 Å². The highest BCUT2D eigenvalue weighted by Crippen LogP contribution is 2.45. The molecule has 0 amide bonds. The Labute approximate surface area is 180 Å². The van der Waals surface area contributed by atoms with Crippen LogP contribution in [0.5, 0.6) is 0 Å². The molecule has 9 heteroatoms. The van der Waals surface area contributed by atoms with E-state index in [1.54, 1.807) is 34.9 Å². The second-order valence-electron chi connectivity index (χ2n) is 7.93. The lowest BCUT2D eigenvalue weighted by molar-refractivity contribution is 0.201. The quantitative estimate of drug-likeness (QED) is 0.590. The second-order valence-corrected chi connectivity index (χ2v) is 10.2. The normalized spacial score (nSPS) is 24.2. The zero-order valence-corrected chi connectivity index (χ0v) is 17.8. The van der Waals surface area contributed by atoms with Crippen LogP contribution < -0.4 is 0 Å². The minimum absolute atomic E-state index is 0.0463. The fraction of sp³-hybridized carbons (Fsp3) is 0.381. The van der Waals surface area contributed by atoms with E-state index in [4.69, 9.17) is 16.1 Å². The minimum atomic E-state index is -3.46. The van der Waals surface area contributed by atoms with Crippen molar-refractivity contribution in [3.05, 3.63) is 65.3 Å². The predicted octanol–water partition coefficient (Wildman–Crippen LogP) is 4.03. The summed E-state index contributed by atoms with van der Waals surface area (Å²) in [6, 6.07) is 10.7. The molecule has 2 saturated heterocycles. The van der Waals surface area contributed by atoms with Gasteiger partial charge in [-0.15, -0.1) is 0 Å². The lowest BCUT2D eigenvalue weighted by Gasteiger charge is -2.36. The summed E-state index contributed by atoms with van der Waals surface area (Å²) in [5, 5.41) is 4.58. The van der Waals surface area contributed by atoms with E-state index in [1.807, 2.05) is 18.2 Å². The van der Waals surface area contributed by atoms with E-state index in [-0.39, 0.29) is 23.8 Å². The highest BCUT2D eigenvalue weighted by molar-refractivity contribution is 7.88. The van der Waals surface area contributed by atoms with Gasteiger partial charge in [0.1, 0.15) is 0 Å². The molecule has 1 unspecified atom stereocenters. The summed E-state index contributed by atoms with van der Waals surface area (Å²) in [4.78, 5) is 8.65. The van der Waals surface area contributed by atoms with Crippen molar-refractivity contribution in [2.45, 2.75) is 49.4 Å². The van der Waals surface area contributed by atoms with Crippen molar-refractivity contribution in [3.63, 3.8) is 0 Å². The lowest BCUT2D eigenvalue weighted by atomic mass is 9.92. The van der Waals surface area contributed by atoms with Gasteiger partial charge in [-0.2, -0.15) is 9.29 Å². The molecule has 3 atom stereocenters. The van der Waals surface area contributed by atoms with E-state index in [9.17, 15) is 8.42 Å². The lowest BCUT2D eigenvalue weighted by Crippen LogP contribution is -2.46. The molecule has 0 saturated carbocycles. The van der Waals surface area contributed by atoms with Crippen LogP contribution in [0.25, 0.3) is 11.4 Å². The Morgan fingerprint density at radius 2 is 1.87 bits per heavy atom. The van der Waals surface area contributed by atoms with Crippen molar-refractivity contribution >= 4 is 21.6 Å². The molecule has 0 spiro atoms. The van der Waals surface area contributed by atoms with Crippen LogP contribution in [0.2, 0.25) is 5.02 Å². The zero-order chi connectivity index (χ0) is 20.7. The average molecular weight is 445 g/mol. The van der Waals surface area contributed by atoms with Crippen LogP contribution in [-0.2, 0) is 15.8 Å².